The van der Waals surface area contributed by atoms with Crippen LogP contribution in [0.4, 0.5) is 0 Å². The first-order valence-corrected chi connectivity index (χ1v) is 28.1. The molecule has 0 aliphatic heterocycles. The molecule has 2 atom stereocenters. The SMILES string of the molecule is CC/C=C\C/C=C\C/C=C\C/C=C\C/C=C\C/C=C\CCCCCCCCC(=O)OC(COCCCCC/C=C\C/C=C\C/C=C\C/C=C\C/C=C\C/C=C\CC)COP(=O)(O)OCC[N+](C)(C)C. The number of allylic oxidation sites excluding steroid dienone is 24. The number of hydrogen-bond donors (Lipinski definition) is 1. The second kappa shape index (κ2) is 50.8. The summed E-state index contributed by atoms with van der Waals surface area (Å²) in [6.45, 7) is 5.25. The highest BCUT2D eigenvalue weighted by atomic mass is 31.2. The molecule has 0 heterocycles. The van der Waals surface area contributed by atoms with E-state index < -0.39 is 13.9 Å². The molecule has 69 heavy (non-hydrogen) atoms. The van der Waals surface area contributed by atoms with E-state index in [9.17, 15) is 14.3 Å². The molecule has 0 radical (unpaired) electrons. The summed E-state index contributed by atoms with van der Waals surface area (Å²) < 4.78 is 35.1. The third kappa shape index (κ3) is 55.2. The van der Waals surface area contributed by atoms with Gasteiger partial charge in [-0.15, -0.1) is 0 Å². The summed E-state index contributed by atoms with van der Waals surface area (Å²) in [5, 5.41) is 0. The molecule has 0 amide bonds. The number of unbranched alkanes of at least 4 members (excludes halogenated alkanes) is 9. The van der Waals surface area contributed by atoms with Gasteiger partial charge in [-0.2, -0.15) is 0 Å². The Labute approximate surface area is 423 Å². The number of nitrogens with zero attached hydrogens (tertiary/aromatic N) is 1. The van der Waals surface area contributed by atoms with Gasteiger partial charge in [-0.1, -0.05) is 192 Å². The molecule has 8 nitrogen and oxygen atoms in total. The lowest BCUT2D eigenvalue weighted by molar-refractivity contribution is -0.870. The van der Waals surface area contributed by atoms with Gasteiger partial charge in [-0.3, -0.25) is 13.8 Å². The molecule has 0 rings (SSSR count). The van der Waals surface area contributed by atoms with Crippen molar-refractivity contribution in [3.05, 3.63) is 146 Å². The maximum Gasteiger partial charge on any atom is 0.472 e. The maximum atomic E-state index is 12.8. The molecule has 1 N–H and O–H groups in total. The van der Waals surface area contributed by atoms with E-state index in [1.165, 1.54) is 12.8 Å². The number of ether oxygens (including phenoxy) is 2. The summed E-state index contributed by atoms with van der Waals surface area (Å²) >= 11 is 0. The normalized spacial score (nSPS) is 14.7. The lowest BCUT2D eigenvalue weighted by atomic mass is 10.1. The molecule has 0 aromatic carbocycles. The van der Waals surface area contributed by atoms with Crippen LogP contribution in [0.3, 0.4) is 0 Å². The number of carbonyl (C=O) groups is 1. The molecule has 2 unspecified atom stereocenters. The van der Waals surface area contributed by atoms with Crippen molar-refractivity contribution in [1.29, 1.82) is 0 Å². The van der Waals surface area contributed by atoms with Crippen LogP contribution in [0.25, 0.3) is 0 Å². The van der Waals surface area contributed by atoms with Gasteiger partial charge in [0.2, 0.25) is 0 Å². The molecule has 9 heteroatoms. The first-order valence-electron chi connectivity index (χ1n) is 26.6. The third-order valence-electron chi connectivity index (χ3n) is 10.4. The minimum Gasteiger partial charge on any atom is -0.457 e. The first-order chi connectivity index (χ1) is 33.6. The molecular formula is C60H99NO7P+. The van der Waals surface area contributed by atoms with Crippen LogP contribution in [-0.4, -0.2) is 75.6 Å². The van der Waals surface area contributed by atoms with E-state index >= 15 is 0 Å². The maximum absolute atomic E-state index is 12.8. The Hall–Kier alpha value is -3.62. The van der Waals surface area contributed by atoms with E-state index in [0.717, 1.165) is 135 Å². The highest BCUT2D eigenvalue weighted by molar-refractivity contribution is 7.47. The number of rotatable bonds is 47. The van der Waals surface area contributed by atoms with Crippen molar-refractivity contribution < 1.29 is 37.3 Å². The number of likely N-dealkylation sites (N-methyl/N-ethyl adjacent to an activating group) is 1. The van der Waals surface area contributed by atoms with Crippen molar-refractivity contribution in [2.75, 3.05) is 54.1 Å². The number of hydrogen-bond acceptors (Lipinski definition) is 6. The monoisotopic (exact) mass is 977 g/mol. The Morgan fingerprint density at radius 2 is 0.797 bits per heavy atom. The third-order valence-corrected chi connectivity index (χ3v) is 11.4. The molecule has 0 aliphatic rings. The molecule has 390 valence electrons. The fourth-order valence-electron chi connectivity index (χ4n) is 6.38. The predicted molar refractivity (Wildman–Crippen MR) is 297 cm³/mol. The fraction of sp³-hybridized carbons (Fsp3) is 0.583. The molecular weight excluding hydrogens is 878 g/mol. The summed E-state index contributed by atoms with van der Waals surface area (Å²) in [5.74, 6) is -0.347. The van der Waals surface area contributed by atoms with Crippen LogP contribution in [0, 0.1) is 0 Å². The first kappa shape index (κ1) is 65.4. The van der Waals surface area contributed by atoms with Crippen LogP contribution in [0.2, 0.25) is 0 Å². The van der Waals surface area contributed by atoms with Crippen molar-refractivity contribution >= 4 is 13.8 Å². The number of phosphoric ester groups is 1. The Bertz CT molecular complexity index is 1600. The van der Waals surface area contributed by atoms with Crippen LogP contribution < -0.4 is 0 Å². The highest BCUT2D eigenvalue weighted by Gasteiger charge is 2.26. The molecule has 0 saturated carbocycles. The largest absolute Gasteiger partial charge is 0.472 e. The van der Waals surface area contributed by atoms with Gasteiger partial charge in [-0.05, 0) is 116 Å². The highest BCUT2D eigenvalue weighted by Crippen LogP contribution is 2.43. The van der Waals surface area contributed by atoms with E-state index in [1.807, 2.05) is 21.1 Å². The van der Waals surface area contributed by atoms with E-state index in [4.69, 9.17) is 18.5 Å². The van der Waals surface area contributed by atoms with Gasteiger partial charge in [0.25, 0.3) is 0 Å². The summed E-state index contributed by atoms with van der Waals surface area (Å²) in [7, 11) is 1.61. The van der Waals surface area contributed by atoms with Crippen LogP contribution in [0.5, 0.6) is 0 Å². The average Bonchev–Trinajstić information content (AvgIpc) is 3.31. The van der Waals surface area contributed by atoms with E-state index in [-0.39, 0.29) is 25.8 Å². The van der Waals surface area contributed by atoms with Crippen molar-refractivity contribution in [3.8, 4) is 0 Å². The molecule has 0 aliphatic carbocycles. The van der Waals surface area contributed by atoms with Crippen molar-refractivity contribution in [2.24, 2.45) is 0 Å². The zero-order chi connectivity index (χ0) is 50.5. The van der Waals surface area contributed by atoms with Gasteiger partial charge < -0.3 is 18.9 Å². The zero-order valence-electron chi connectivity index (χ0n) is 44.2. The second-order valence-corrected chi connectivity index (χ2v) is 19.6. The van der Waals surface area contributed by atoms with E-state index in [2.05, 4.69) is 160 Å². The molecule has 0 saturated heterocycles. The Balaban J connectivity index is 4.29. The van der Waals surface area contributed by atoms with E-state index in [1.54, 1.807) is 0 Å². The van der Waals surface area contributed by atoms with Crippen LogP contribution >= 0.6 is 7.82 Å². The van der Waals surface area contributed by atoms with Gasteiger partial charge in [0.1, 0.15) is 19.3 Å². The quantitative estimate of drug-likeness (QED) is 0.0214. The van der Waals surface area contributed by atoms with E-state index in [0.29, 0.717) is 24.1 Å². The van der Waals surface area contributed by atoms with Crippen LogP contribution in [0.1, 0.15) is 168 Å². The second-order valence-electron chi connectivity index (χ2n) is 18.1. The lowest BCUT2D eigenvalue weighted by Gasteiger charge is -2.24. The van der Waals surface area contributed by atoms with Gasteiger partial charge in [0.15, 0.2) is 0 Å². The van der Waals surface area contributed by atoms with Gasteiger partial charge in [-0.25, -0.2) is 4.57 Å². The molecule has 0 aromatic heterocycles. The minimum absolute atomic E-state index is 0.0688. The summed E-state index contributed by atoms with van der Waals surface area (Å²) in [6.07, 6.45) is 76.1. The van der Waals surface area contributed by atoms with Crippen molar-refractivity contribution in [2.45, 2.75) is 174 Å². The van der Waals surface area contributed by atoms with Crippen LogP contribution in [0.15, 0.2) is 146 Å². The van der Waals surface area contributed by atoms with Crippen molar-refractivity contribution in [3.63, 3.8) is 0 Å². The molecule has 0 spiro atoms. The molecule has 0 fully saturated rings. The smallest absolute Gasteiger partial charge is 0.457 e. The lowest BCUT2D eigenvalue weighted by Crippen LogP contribution is -2.37. The standard InChI is InChI=1S/C60H98NO7P/c1-6-8-10-12-14-16-18-20-22-24-26-28-30-31-32-33-35-37-39-41-43-45-47-49-51-53-60(62)68-59(58-67-69(63,64)66-56-54-61(3,4)5)57-65-55-52-50-48-46-44-42-40-38-36-34-29-27-25-23-21-19-17-15-13-11-9-7-2/h8-11,14-17,20-23,26-29,31-32,35-38,42,44,59H,6-7,12-13,18-19,24-25,30,33-34,39-41,43,45-58H2,1-5H3/p+1/b10-8-,11-9-,16-14-,17-15-,22-20-,23-21-,28-26-,29-27-,32-31-,37-35-,38-36-,44-42-. The number of carbonyl (C=O) groups excluding carboxylic acids is 1. The van der Waals surface area contributed by atoms with Gasteiger partial charge >= 0.3 is 13.8 Å². The molecule has 0 aromatic rings. The average molecular weight is 977 g/mol. The Morgan fingerprint density at radius 1 is 0.449 bits per heavy atom. The Morgan fingerprint density at radius 3 is 1.19 bits per heavy atom. The van der Waals surface area contributed by atoms with Crippen molar-refractivity contribution in [1.82, 2.24) is 0 Å². The molecule has 0 bridgehead atoms. The topological polar surface area (TPSA) is 91.3 Å². The summed E-state index contributed by atoms with van der Waals surface area (Å²) in [4.78, 5) is 23.0. The van der Waals surface area contributed by atoms with Crippen LogP contribution in [-0.2, 0) is 27.9 Å². The predicted octanol–water partition coefficient (Wildman–Crippen LogP) is 16.8. The zero-order valence-corrected chi connectivity index (χ0v) is 45.1. The number of esters is 1. The number of quaternary nitrogens is 1. The Kier molecular flexibility index (Phi) is 48.1. The summed E-state index contributed by atoms with van der Waals surface area (Å²) in [5.41, 5.74) is 0. The fourth-order valence-corrected chi connectivity index (χ4v) is 7.12. The summed E-state index contributed by atoms with van der Waals surface area (Å²) in [6, 6.07) is 0. The van der Waals surface area contributed by atoms with Gasteiger partial charge in [0.05, 0.1) is 34.4 Å². The number of phosphoric acid groups is 1. The minimum atomic E-state index is -4.31. The van der Waals surface area contributed by atoms with Gasteiger partial charge in [0, 0.05) is 13.0 Å².